The zero-order chi connectivity index (χ0) is 16.1. The quantitative estimate of drug-likeness (QED) is 0.884. The average molecular weight is 315 g/mol. The molecule has 2 aromatic heterocycles. The fraction of sp³-hybridized carbons (Fsp3) is 0.471. The first-order valence-corrected chi connectivity index (χ1v) is 8.07. The van der Waals surface area contributed by atoms with E-state index in [0.717, 1.165) is 31.4 Å². The molecule has 0 aromatic carbocycles. The Kier molecular flexibility index (Phi) is 5.02. The molecule has 2 N–H and O–H groups in total. The number of nitrogens with one attached hydrogen (secondary N) is 1. The third kappa shape index (κ3) is 3.96. The molecule has 6 heteroatoms. The maximum atomic E-state index is 12.1. The van der Waals surface area contributed by atoms with Gasteiger partial charge in [0.15, 0.2) is 5.76 Å². The topological polar surface area (TPSA) is 88.3 Å². The van der Waals surface area contributed by atoms with Crippen molar-refractivity contribution in [2.24, 2.45) is 5.92 Å². The summed E-state index contributed by atoms with van der Waals surface area (Å²) in [6.07, 6.45) is 5.95. The monoisotopic (exact) mass is 315 g/mol. The predicted octanol–water partition coefficient (Wildman–Crippen LogP) is 2.29. The molecular weight excluding hydrogens is 294 g/mol. The maximum Gasteiger partial charge on any atom is 0.249 e. The van der Waals surface area contributed by atoms with E-state index in [1.165, 1.54) is 6.42 Å². The molecule has 0 unspecified atom stereocenters. The van der Waals surface area contributed by atoms with Crippen LogP contribution in [-0.2, 0) is 11.3 Å². The lowest BCUT2D eigenvalue weighted by atomic mass is 9.85. The molecule has 23 heavy (non-hydrogen) atoms. The van der Waals surface area contributed by atoms with Gasteiger partial charge < -0.3 is 14.9 Å². The molecule has 1 amide bonds. The van der Waals surface area contributed by atoms with Crippen molar-refractivity contribution < 1.29 is 14.4 Å². The number of hydrogen-bond acceptors (Lipinski definition) is 5. The van der Waals surface area contributed by atoms with Crippen LogP contribution in [0.5, 0.6) is 0 Å². The maximum absolute atomic E-state index is 12.1. The number of carbonyl (C=O) groups excluding carboxylic acids is 1. The second-order valence-electron chi connectivity index (χ2n) is 5.95. The van der Waals surface area contributed by atoms with E-state index in [1.807, 2.05) is 18.2 Å². The van der Waals surface area contributed by atoms with Crippen molar-refractivity contribution in [2.45, 2.75) is 44.8 Å². The highest BCUT2D eigenvalue weighted by Gasteiger charge is 2.27. The molecule has 1 atom stereocenters. The van der Waals surface area contributed by atoms with Gasteiger partial charge in [0, 0.05) is 12.3 Å². The Balaban J connectivity index is 1.54. The van der Waals surface area contributed by atoms with Crippen LogP contribution in [0, 0.1) is 5.92 Å². The Morgan fingerprint density at radius 1 is 1.30 bits per heavy atom. The minimum atomic E-state index is -0.937. The van der Waals surface area contributed by atoms with Crippen LogP contribution >= 0.6 is 0 Å². The molecule has 1 saturated carbocycles. The second kappa shape index (κ2) is 7.37. The molecular formula is C17H21N3O3. The number of hydrogen-bond donors (Lipinski definition) is 2. The lowest BCUT2D eigenvalue weighted by Crippen LogP contribution is -2.39. The number of rotatable bonds is 5. The average Bonchev–Trinajstić information content (AvgIpc) is 3.09. The fourth-order valence-electron chi connectivity index (χ4n) is 2.97. The number of aliphatic hydroxyl groups is 1. The second-order valence-corrected chi connectivity index (χ2v) is 5.95. The Hall–Kier alpha value is -2.21. The van der Waals surface area contributed by atoms with Crippen molar-refractivity contribution >= 4 is 5.91 Å². The van der Waals surface area contributed by atoms with Crippen molar-refractivity contribution in [3.8, 4) is 11.4 Å². The summed E-state index contributed by atoms with van der Waals surface area (Å²) in [4.78, 5) is 16.3. The van der Waals surface area contributed by atoms with Gasteiger partial charge in [-0.05, 0) is 30.9 Å². The number of carbonyl (C=O) groups is 1. The minimum Gasteiger partial charge on any atom is -0.383 e. The van der Waals surface area contributed by atoms with Gasteiger partial charge in [0.25, 0.3) is 0 Å². The number of aromatic nitrogens is 2. The van der Waals surface area contributed by atoms with Crippen LogP contribution < -0.4 is 5.32 Å². The molecule has 0 spiro atoms. The molecule has 122 valence electrons. The van der Waals surface area contributed by atoms with Crippen LogP contribution in [0.1, 0.15) is 37.9 Å². The van der Waals surface area contributed by atoms with Crippen LogP contribution in [0.3, 0.4) is 0 Å². The molecule has 0 aliphatic heterocycles. The van der Waals surface area contributed by atoms with E-state index < -0.39 is 6.10 Å². The zero-order valence-corrected chi connectivity index (χ0v) is 12.9. The van der Waals surface area contributed by atoms with Gasteiger partial charge in [0.1, 0.15) is 11.8 Å². The Labute approximate surface area is 134 Å². The van der Waals surface area contributed by atoms with Gasteiger partial charge in [-0.1, -0.05) is 30.5 Å². The SMILES string of the molecule is O=C(NCc1cc(-c2ccccn2)no1)[C@H](O)C1CCCCC1. The Morgan fingerprint density at radius 3 is 2.87 bits per heavy atom. The van der Waals surface area contributed by atoms with Crippen molar-refractivity contribution in [1.29, 1.82) is 0 Å². The lowest BCUT2D eigenvalue weighted by molar-refractivity contribution is -0.133. The minimum absolute atomic E-state index is 0.0718. The molecule has 2 heterocycles. The van der Waals surface area contributed by atoms with Crippen molar-refractivity contribution in [3.63, 3.8) is 0 Å². The summed E-state index contributed by atoms with van der Waals surface area (Å²) in [6.45, 7) is 0.211. The number of amides is 1. The molecule has 0 saturated heterocycles. The van der Waals surface area contributed by atoms with E-state index in [0.29, 0.717) is 11.5 Å². The van der Waals surface area contributed by atoms with Crippen molar-refractivity contribution in [1.82, 2.24) is 15.5 Å². The summed E-state index contributed by atoms with van der Waals surface area (Å²) >= 11 is 0. The predicted molar refractivity (Wildman–Crippen MR) is 84.2 cm³/mol. The van der Waals surface area contributed by atoms with Crippen LogP contribution in [0.25, 0.3) is 11.4 Å². The highest BCUT2D eigenvalue weighted by Crippen LogP contribution is 2.26. The van der Waals surface area contributed by atoms with Crippen molar-refractivity contribution in [2.75, 3.05) is 0 Å². The van der Waals surface area contributed by atoms with E-state index in [9.17, 15) is 9.90 Å². The first-order valence-electron chi connectivity index (χ1n) is 8.07. The van der Waals surface area contributed by atoms with Gasteiger partial charge in [-0.25, -0.2) is 0 Å². The highest BCUT2D eigenvalue weighted by atomic mass is 16.5. The van der Waals surface area contributed by atoms with Gasteiger partial charge in [-0.3, -0.25) is 9.78 Å². The molecule has 2 aromatic rings. The fourth-order valence-corrected chi connectivity index (χ4v) is 2.97. The number of pyridine rings is 1. The highest BCUT2D eigenvalue weighted by molar-refractivity contribution is 5.80. The largest absolute Gasteiger partial charge is 0.383 e. The van der Waals surface area contributed by atoms with Gasteiger partial charge >= 0.3 is 0 Å². The van der Waals surface area contributed by atoms with Crippen LogP contribution in [-0.4, -0.2) is 27.3 Å². The lowest BCUT2D eigenvalue weighted by Gasteiger charge is -2.25. The smallest absolute Gasteiger partial charge is 0.249 e. The van der Waals surface area contributed by atoms with E-state index in [1.54, 1.807) is 12.3 Å². The zero-order valence-electron chi connectivity index (χ0n) is 12.9. The molecule has 0 radical (unpaired) electrons. The van der Waals surface area contributed by atoms with Crippen molar-refractivity contribution in [3.05, 3.63) is 36.2 Å². The molecule has 1 aliphatic carbocycles. The van der Waals surface area contributed by atoms with Crippen LogP contribution in [0.4, 0.5) is 0 Å². The third-order valence-electron chi connectivity index (χ3n) is 4.29. The molecule has 1 fully saturated rings. The summed E-state index contributed by atoms with van der Waals surface area (Å²) in [5.41, 5.74) is 1.35. The molecule has 6 nitrogen and oxygen atoms in total. The summed E-state index contributed by atoms with van der Waals surface area (Å²) in [6, 6.07) is 7.29. The molecule has 3 rings (SSSR count). The Bertz CT molecular complexity index is 636. The van der Waals surface area contributed by atoms with Gasteiger partial charge in [0.05, 0.1) is 12.2 Å². The van der Waals surface area contributed by atoms with E-state index >= 15 is 0 Å². The van der Waals surface area contributed by atoms with Gasteiger partial charge in [-0.2, -0.15) is 0 Å². The van der Waals surface area contributed by atoms with Gasteiger partial charge in [-0.15, -0.1) is 0 Å². The Morgan fingerprint density at radius 2 is 2.13 bits per heavy atom. The number of aliphatic hydroxyl groups excluding tert-OH is 1. The summed E-state index contributed by atoms with van der Waals surface area (Å²) < 4.78 is 5.21. The normalized spacial score (nSPS) is 16.9. The van der Waals surface area contributed by atoms with Crippen LogP contribution in [0.15, 0.2) is 35.0 Å². The molecule has 0 bridgehead atoms. The summed E-state index contributed by atoms with van der Waals surface area (Å²) in [7, 11) is 0. The third-order valence-corrected chi connectivity index (χ3v) is 4.29. The number of nitrogens with zero attached hydrogens (tertiary/aromatic N) is 2. The van der Waals surface area contributed by atoms with E-state index in [2.05, 4.69) is 15.5 Å². The first kappa shape index (κ1) is 15.7. The summed E-state index contributed by atoms with van der Waals surface area (Å²) in [5.74, 6) is 0.269. The van der Waals surface area contributed by atoms with Gasteiger partial charge in [0.2, 0.25) is 5.91 Å². The van der Waals surface area contributed by atoms with E-state index in [4.69, 9.17) is 4.52 Å². The van der Waals surface area contributed by atoms with Crippen LogP contribution in [0.2, 0.25) is 0 Å². The molecule has 1 aliphatic rings. The standard InChI is InChI=1S/C17H21N3O3/c21-16(12-6-2-1-3-7-12)17(22)19-11-13-10-15(20-23-13)14-8-4-5-9-18-14/h4-5,8-10,12,16,21H,1-3,6-7,11H2,(H,19,22)/t16-/m1/s1. The first-order chi connectivity index (χ1) is 11.2. The van der Waals surface area contributed by atoms with E-state index in [-0.39, 0.29) is 18.4 Å². The summed E-state index contributed by atoms with van der Waals surface area (Å²) in [5, 5.41) is 16.8.